The van der Waals surface area contributed by atoms with Crippen LogP contribution in [0.5, 0.6) is 5.75 Å². The summed E-state index contributed by atoms with van der Waals surface area (Å²) in [4.78, 5) is 11.7. The van der Waals surface area contributed by atoms with Crippen LogP contribution in [0.1, 0.15) is 37.3 Å². The first kappa shape index (κ1) is 18.1. The summed E-state index contributed by atoms with van der Waals surface area (Å²) in [6.07, 6.45) is 4.21. The minimum absolute atomic E-state index is 0.0172. The van der Waals surface area contributed by atoms with Crippen LogP contribution in [0, 0.1) is 11.3 Å². The lowest BCUT2D eigenvalue weighted by atomic mass is 9.82. The third-order valence-electron chi connectivity index (χ3n) is 4.17. The standard InChI is InChI=1S/C18H27N3O3/c1-2-23-17(22)11-13-4-5-14-6-7-16(12-15(14)10-13)24-9-3-8-21-18(19)20/h6-7,12-13H,2-5,8-11H2,1H3,(H4,19,20,21). The predicted molar refractivity (Wildman–Crippen MR) is 93.2 cm³/mol. The molecule has 6 nitrogen and oxygen atoms in total. The third kappa shape index (κ3) is 5.76. The van der Waals surface area contributed by atoms with Crippen LogP contribution in [0.2, 0.25) is 0 Å². The molecule has 0 heterocycles. The maximum absolute atomic E-state index is 11.7. The number of fused-ring (bicyclic) bond motifs is 1. The van der Waals surface area contributed by atoms with E-state index in [1.807, 2.05) is 13.0 Å². The van der Waals surface area contributed by atoms with E-state index in [4.69, 9.17) is 20.6 Å². The first-order chi connectivity index (χ1) is 11.6. The summed E-state index contributed by atoms with van der Waals surface area (Å²) in [6, 6.07) is 6.22. The SMILES string of the molecule is CCOC(=O)CC1CCc2ccc(OCCCNC(=N)N)cc2C1. The van der Waals surface area contributed by atoms with Crippen molar-refractivity contribution in [2.24, 2.45) is 11.7 Å². The van der Waals surface area contributed by atoms with Crippen LogP contribution in [0.25, 0.3) is 0 Å². The van der Waals surface area contributed by atoms with Crippen LogP contribution in [0.3, 0.4) is 0 Å². The second-order valence-corrected chi connectivity index (χ2v) is 6.09. The van der Waals surface area contributed by atoms with Gasteiger partial charge in [0.2, 0.25) is 0 Å². The number of esters is 1. The molecule has 0 amide bonds. The Morgan fingerprint density at radius 1 is 1.42 bits per heavy atom. The Balaban J connectivity index is 1.83. The number of nitrogens with one attached hydrogen (secondary N) is 2. The third-order valence-corrected chi connectivity index (χ3v) is 4.17. The van der Waals surface area contributed by atoms with Gasteiger partial charge in [-0.05, 0) is 61.8 Å². The number of ether oxygens (including phenoxy) is 2. The minimum atomic E-state index is -0.101. The molecular formula is C18H27N3O3. The van der Waals surface area contributed by atoms with Crippen LogP contribution >= 0.6 is 0 Å². The molecule has 0 fully saturated rings. The molecule has 2 rings (SSSR count). The Hall–Kier alpha value is -2.24. The van der Waals surface area contributed by atoms with E-state index in [1.165, 1.54) is 11.1 Å². The van der Waals surface area contributed by atoms with Crippen molar-refractivity contribution in [3.05, 3.63) is 29.3 Å². The van der Waals surface area contributed by atoms with Crippen molar-refractivity contribution in [1.82, 2.24) is 5.32 Å². The summed E-state index contributed by atoms with van der Waals surface area (Å²) < 4.78 is 10.8. The van der Waals surface area contributed by atoms with Crippen molar-refractivity contribution in [2.45, 2.75) is 39.0 Å². The minimum Gasteiger partial charge on any atom is -0.494 e. The lowest BCUT2D eigenvalue weighted by Gasteiger charge is -2.24. The van der Waals surface area contributed by atoms with E-state index in [2.05, 4.69) is 17.4 Å². The van der Waals surface area contributed by atoms with Crippen molar-refractivity contribution < 1.29 is 14.3 Å². The van der Waals surface area contributed by atoms with Crippen LogP contribution in [-0.4, -0.2) is 31.7 Å². The number of guanidine groups is 1. The lowest BCUT2D eigenvalue weighted by molar-refractivity contribution is -0.144. The Labute approximate surface area is 143 Å². The summed E-state index contributed by atoms with van der Waals surface area (Å²) in [7, 11) is 0. The molecule has 1 atom stereocenters. The monoisotopic (exact) mass is 333 g/mol. The quantitative estimate of drug-likeness (QED) is 0.292. The fourth-order valence-electron chi connectivity index (χ4n) is 3.01. The van der Waals surface area contributed by atoms with Gasteiger partial charge in [-0.3, -0.25) is 10.2 Å². The van der Waals surface area contributed by atoms with Crippen molar-refractivity contribution in [3.8, 4) is 5.75 Å². The number of benzene rings is 1. The maximum atomic E-state index is 11.7. The van der Waals surface area contributed by atoms with Gasteiger partial charge in [0, 0.05) is 13.0 Å². The highest BCUT2D eigenvalue weighted by molar-refractivity contribution is 5.74. The molecule has 24 heavy (non-hydrogen) atoms. The first-order valence-electron chi connectivity index (χ1n) is 8.56. The molecule has 4 N–H and O–H groups in total. The van der Waals surface area contributed by atoms with Gasteiger partial charge >= 0.3 is 5.97 Å². The summed E-state index contributed by atoms with van der Waals surface area (Å²) in [5.41, 5.74) is 7.85. The molecule has 0 saturated carbocycles. The molecule has 6 heteroatoms. The average molecular weight is 333 g/mol. The zero-order valence-corrected chi connectivity index (χ0v) is 14.3. The number of hydrogen-bond donors (Lipinski definition) is 3. The number of hydrogen-bond acceptors (Lipinski definition) is 4. The fraction of sp³-hybridized carbons (Fsp3) is 0.556. The van der Waals surface area contributed by atoms with Crippen LogP contribution in [0.4, 0.5) is 0 Å². The van der Waals surface area contributed by atoms with E-state index < -0.39 is 0 Å². The van der Waals surface area contributed by atoms with Crippen molar-refractivity contribution in [1.29, 1.82) is 5.41 Å². The molecule has 1 aliphatic carbocycles. The van der Waals surface area contributed by atoms with Crippen molar-refractivity contribution in [2.75, 3.05) is 19.8 Å². The number of carbonyl (C=O) groups is 1. The summed E-state index contributed by atoms with van der Waals surface area (Å²) >= 11 is 0. The predicted octanol–water partition coefficient (Wildman–Crippen LogP) is 2.00. The molecule has 1 aromatic carbocycles. The van der Waals surface area contributed by atoms with Gasteiger partial charge in [0.25, 0.3) is 0 Å². The molecule has 1 aromatic rings. The molecule has 1 unspecified atom stereocenters. The van der Waals surface area contributed by atoms with E-state index in [-0.39, 0.29) is 11.9 Å². The van der Waals surface area contributed by atoms with E-state index in [0.29, 0.717) is 32.1 Å². The van der Waals surface area contributed by atoms with Gasteiger partial charge in [0.15, 0.2) is 5.96 Å². The summed E-state index contributed by atoms with van der Waals surface area (Å²) in [5, 5.41) is 9.84. The fourth-order valence-corrected chi connectivity index (χ4v) is 3.01. The Bertz CT molecular complexity index is 575. The number of nitrogens with two attached hydrogens (primary N) is 1. The largest absolute Gasteiger partial charge is 0.494 e. The van der Waals surface area contributed by atoms with E-state index in [0.717, 1.165) is 31.4 Å². The van der Waals surface area contributed by atoms with Gasteiger partial charge in [-0.15, -0.1) is 0 Å². The summed E-state index contributed by atoms with van der Waals surface area (Å²) in [6.45, 7) is 3.48. The summed E-state index contributed by atoms with van der Waals surface area (Å²) in [5.74, 6) is 1.09. The molecule has 0 bridgehead atoms. The highest BCUT2D eigenvalue weighted by Gasteiger charge is 2.22. The topological polar surface area (TPSA) is 97.4 Å². The maximum Gasteiger partial charge on any atom is 0.306 e. The van der Waals surface area contributed by atoms with E-state index >= 15 is 0 Å². The second-order valence-electron chi connectivity index (χ2n) is 6.09. The Morgan fingerprint density at radius 2 is 2.25 bits per heavy atom. The highest BCUT2D eigenvalue weighted by Crippen LogP contribution is 2.30. The molecule has 1 aliphatic rings. The zero-order chi connectivity index (χ0) is 17.4. The van der Waals surface area contributed by atoms with Gasteiger partial charge in [-0.1, -0.05) is 6.07 Å². The normalized spacial score (nSPS) is 16.1. The van der Waals surface area contributed by atoms with Gasteiger partial charge in [-0.25, -0.2) is 0 Å². The van der Waals surface area contributed by atoms with Crippen molar-refractivity contribution >= 4 is 11.9 Å². The molecule has 132 valence electrons. The van der Waals surface area contributed by atoms with Crippen LogP contribution < -0.4 is 15.8 Å². The molecule has 0 radical (unpaired) electrons. The zero-order valence-electron chi connectivity index (χ0n) is 14.3. The smallest absolute Gasteiger partial charge is 0.306 e. The second kappa shape index (κ2) is 9.15. The van der Waals surface area contributed by atoms with Crippen molar-refractivity contribution in [3.63, 3.8) is 0 Å². The Morgan fingerprint density at radius 3 is 3.00 bits per heavy atom. The Kier molecular flexibility index (Phi) is 6.90. The molecule has 0 aliphatic heterocycles. The average Bonchev–Trinajstić information content (AvgIpc) is 2.54. The number of rotatable bonds is 8. The van der Waals surface area contributed by atoms with Gasteiger partial charge < -0.3 is 20.5 Å². The van der Waals surface area contributed by atoms with Gasteiger partial charge in [0.05, 0.1) is 13.2 Å². The van der Waals surface area contributed by atoms with E-state index in [1.54, 1.807) is 0 Å². The van der Waals surface area contributed by atoms with E-state index in [9.17, 15) is 4.79 Å². The highest BCUT2D eigenvalue weighted by atomic mass is 16.5. The molecule has 0 spiro atoms. The lowest BCUT2D eigenvalue weighted by Crippen LogP contribution is -2.31. The first-order valence-corrected chi connectivity index (χ1v) is 8.56. The number of carbonyl (C=O) groups excluding carboxylic acids is 1. The van der Waals surface area contributed by atoms with Crippen LogP contribution in [-0.2, 0) is 22.4 Å². The van der Waals surface area contributed by atoms with Crippen LogP contribution in [0.15, 0.2) is 18.2 Å². The molecule has 0 aromatic heterocycles. The van der Waals surface area contributed by atoms with Gasteiger partial charge in [-0.2, -0.15) is 0 Å². The van der Waals surface area contributed by atoms with Gasteiger partial charge in [0.1, 0.15) is 5.75 Å². The molecular weight excluding hydrogens is 306 g/mol. The molecule has 0 saturated heterocycles. The number of aryl methyl sites for hydroxylation is 1.